The molecule has 2 aromatic carbocycles. The standard InChI is InChI=1S/C21H19N3O2/c25-20(19-8-3-6-15-5-1-2-7-18(15)19)24-16-9-11-17(12-10-16)26-21-22-13-4-14-23-21/h1-2,4-5,7,9-14,19H,3,6,8H2,(H,24,25). The van der Waals surface area contributed by atoms with Gasteiger partial charge in [-0.1, -0.05) is 24.3 Å². The normalized spacial score (nSPS) is 15.8. The third kappa shape index (κ3) is 3.57. The van der Waals surface area contributed by atoms with E-state index in [1.807, 2.05) is 24.3 Å². The minimum Gasteiger partial charge on any atom is -0.424 e. The molecule has 0 spiro atoms. The average Bonchev–Trinajstić information content (AvgIpc) is 2.70. The molecule has 5 heteroatoms. The largest absolute Gasteiger partial charge is 0.424 e. The van der Waals surface area contributed by atoms with Gasteiger partial charge in [-0.25, -0.2) is 9.97 Å². The second kappa shape index (κ2) is 7.35. The van der Waals surface area contributed by atoms with E-state index in [-0.39, 0.29) is 11.8 Å². The highest BCUT2D eigenvalue weighted by Gasteiger charge is 2.26. The van der Waals surface area contributed by atoms with Crippen LogP contribution in [-0.2, 0) is 11.2 Å². The van der Waals surface area contributed by atoms with E-state index in [4.69, 9.17) is 4.74 Å². The molecular formula is C21H19N3O2. The maximum absolute atomic E-state index is 12.7. The number of aromatic nitrogens is 2. The lowest BCUT2D eigenvalue weighted by Gasteiger charge is -2.24. The van der Waals surface area contributed by atoms with Crippen molar-refractivity contribution in [3.05, 3.63) is 78.1 Å². The van der Waals surface area contributed by atoms with Gasteiger partial charge < -0.3 is 10.1 Å². The number of hydrogen-bond acceptors (Lipinski definition) is 4. The first kappa shape index (κ1) is 16.3. The van der Waals surface area contributed by atoms with Crippen LogP contribution in [0, 0.1) is 0 Å². The molecular weight excluding hydrogens is 326 g/mol. The van der Waals surface area contributed by atoms with Crippen LogP contribution in [0.4, 0.5) is 5.69 Å². The van der Waals surface area contributed by atoms with Gasteiger partial charge in [0.05, 0.1) is 5.92 Å². The van der Waals surface area contributed by atoms with Gasteiger partial charge in [0, 0.05) is 18.1 Å². The highest BCUT2D eigenvalue weighted by atomic mass is 16.5. The SMILES string of the molecule is O=C(Nc1ccc(Oc2ncccn2)cc1)C1CCCc2ccccc21. The predicted molar refractivity (Wildman–Crippen MR) is 99.3 cm³/mol. The van der Waals surface area contributed by atoms with E-state index in [1.165, 1.54) is 5.56 Å². The van der Waals surface area contributed by atoms with Crippen molar-refractivity contribution in [2.24, 2.45) is 0 Å². The number of fused-ring (bicyclic) bond motifs is 1. The summed E-state index contributed by atoms with van der Waals surface area (Å²) >= 11 is 0. The summed E-state index contributed by atoms with van der Waals surface area (Å²) in [7, 11) is 0. The molecule has 0 aliphatic heterocycles. The molecule has 3 aromatic rings. The Morgan fingerprint density at radius 1 is 1.00 bits per heavy atom. The molecule has 1 amide bonds. The van der Waals surface area contributed by atoms with Crippen LogP contribution in [0.5, 0.6) is 11.8 Å². The summed E-state index contributed by atoms with van der Waals surface area (Å²) in [4.78, 5) is 20.8. The Kier molecular flexibility index (Phi) is 4.60. The second-order valence-corrected chi connectivity index (χ2v) is 6.29. The number of aryl methyl sites for hydroxylation is 1. The summed E-state index contributed by atoms with van der Waals surface area (Å²) in [5.41, 5.74) is 3.18. The summed E-state index contributed by atoms with van der Waals surface area (Å²) in [5.74, 6) is 0.572. The molecule has 1 aliphatic carbocycles. The fourth-order valence-electron chi connectivity index (χ4n) is 3.31. The van der Waals surface area contributed by atoms with E-state index in [1.54, 1.807) is 30.6 Å². The Balaban J connectivity index is 1.44. The van der Waals surface area contributed by atoms with Crippen LogP contribution in [0.3, 0.4) is 0 Å². The second-order valence-electron chi connectivity index (χ2n) is 6.29. The molecule has 0 bridgehead atoms. The van der Waals surface area contributed by atoms with Crippen LogP contribution in [-0.4, -0.2) is 15.9 Å². The van der Waals surface area contributed by atoms with Gasteiger partial charge in [0.15, 0.2) is 0 Å². The van der Waals surface area contributed by atoms with Crippen LogP contribution < -0.4 is 10.1 Å². The van der Waals surface area contributed by atoms with Crippen molar-refractivity contribution >= 4 is 11.6 Å². The van der Waals surface area contributed by atoms with Crippen molar-refractivity contribution in [1.82, 2.24) is 9.97 Å². The predicted octanol–water partition coefficient (Wildman–Crippen LogP) is 4.33. The van der Waals surface area contributed by atoms with Crippen molar-refractivity contribution in [2.75, 3.05) is 5.32 Å². The van der Waals surface area contributed by atoms with Gasteiger partial charge in [0.25, 0.3) is 0 Å². The van der Waals surface area contributed by atoms with E-state index in [0.29, 0.717) is 11.8 Å². The lowest BCUT2D eigenvalue weighted by Crippen LogP contribution is -2.24. The Bertz CT molecular complexity index is 895. The summed E-state index contributed by atoms with van der Waals surface area (Å²) < 4.78 is 5.57. The van der Waals surface area contributed by atoms with Gasteiger partial charge in [-0.15, -0.1) is 0 Å². The molecule has 4 rings (SSSR count). The van der Waals surface area contributed by atoms with Crippen LogP contribution in [0.25, 0.3) is 0 Å². The molecule has 1 N–H and O–H groups in total. The molecule has 26 heavy (non-hydrogen) atoms. The lowest BCUT2D eigenvalue weighted by atomic mass is 9.82. The van der Waals surface area contributed by atoms with Gasteiger partial charge >= 0.3 is 6.01 Å². The van der Waals surface area contributed by atoms with Gasteiger partial charge in [0.2, 0.25) is 5.91 Å². The number of ether oxygens (including phenoxy) is 1. The molecule has 1 unspecified atom stereocenters. The van der Waals surface area contributed by atoms with Crippen molar-refractivity contribution < 1.29 is 9.53 Å². The first-order chi connectivity index (χ1) is 12.8. The third-order valence-corrected chi connectivity index (χ3v) is 4.56. The number of anilines is 1. The Morgan fingerprint density at radius 2 is 1.77 bits per heavy atom. The zero-order valence-electron chi connectivity index (χ0n) is 14.3. The van der Waals surface area contributed by atoms with Crippen molar-refractivity contribution in [3.63, 3.8) is 0 Å². The van der Waals surface area contributed by atoms with Gasteiger partial charge in [-0.3, -0.25) is 4.79 Å². The zero-order valence-corrected chi connectivity index (χ0v) is 14.3. The molecule has 1 aliphatic rings. The van der Waals surface area contributed by atoms with Crippen LogP contribution >= 0.6 is 0 Å². The third-order valence-electron chi connectivity index (χ3n) is 4.56. The summed E-state index contributed by atoms with van der Waals surface area (Å²) in [6.45, 7) is 0. The van der Waals surface area contributed by atoms with E-state index >= 15 is 0 Å². The molecule has 5 nitrogen and oxygen atoms in total. The average molecular weight is 345 g/mol. The lowest BCUT2D eigenvalue weighted by molar-refractivity contribution is -0.117. The van der Waals surface area contributed by atoms with Crippen LogP contribution in [0.2, 0.25) is 0 Å². The van der Waals surface area contributed by atoms with E-state index in [0.717, 1.165) is 30.5 Å². The molecule has 0 saturated carbocycles. The van der Waals surface area contributed by atoms with Crippen LogP contribution in [0.1, 0.15) is 29.9 Å². The number of hydrogen-bond donors (Lipinski definition) is 1. The molecule has 1 heterocycles. The minimum absolute atomic E-state index is 0.0391. The van der Waals surface area contributed by atoms with Crippen molar-refractivity contribution in [1.29, 1.82) is 0 Å². The number of nitrogens with one attached hydrogen (secondary N) is 1. The topological polar surface area (TPSA) is 64.1 Å². The Labute approximate surface area is 152 Å². The van der Waals surface area contributed by atoms with Gasteiger partial charge in [-0.05, 0) is 60.7 Å². The number of carbonyl (C=O) groups is 1. The van der Waals surface area contributed by atoms with Gasteiger partial charge in [0.1, 0.15) is 5.75 Å². The maximum atomic E-state index is 12.7. The first-order valence-electron chi connectivity index (χ1n) is 8.73. The number of amides is 1. The fourth-order valence-corrected chi connectivity index (χ4v) is 3.31. The number of rotatable bonds is 4. The number of carbonyl (C=O) groups excluding carboxylic acids is 1. The minimum atomic E-state index is -0.0893. The molecule has 0 fully saturated rings. The van der Waals surface area contributed by atoms with E-state index < -0.39 is 0 Å². The molecule has 1 aromatic heterocycles. The number of benzene rings is 2. The smallest absolute Gasteiger partial charge is 0.321 e. The highest BCUT2D eigenvalue weighted by molar-refractivity contribution is 5.96. The maximum Gasteiger partial charge on any atom is 0.321 e. The van der Waals surface area contributed by atoms with E-state index in [2.05, 4.69) is 27.4 Å². The van der Waals surface area contributed by atoms with Crippen LogP contribution in [0.15, 0.2) is 67.0 Å². The highest BCUT2D eigenvalue weighted by Crippen LogP contribution is 2.32. The Hall–Kier alpha value is -3.21. The molecule has 0 saturated heterocycles. The van der Waals surface area contributed by atoms with Gasteiger partial charge in [-0.2, -0.15) is 0 Å². The zero-order chi connectivity index (χ0) is 17.8. The van der Waals surface area contributed by atoms with E-state index in [9.17, 15) is 4.79 Å². The van der Waals surface area contributed by atoms with Crippen molar-refractivity contribution in [2.45, 2.75) is 25.2 Å². The number of nitrogens with zero attached hydrogens (tertiary/aromatic N) is 2. The van der Waals surface area contributed by atoms with Crippen molar-refractivity contribution in [3.8, 4) is 11.8 Å². The Morgan fingerprint density at radius 3 is 2.58 bits per heavy atom. The summed E-state index contributed by atoms with van der Waals surface area (Å²) in [6, 6.07) is 17.5. The monoisotopic (exact) mass is 345 g/mol. The quantitative estimate of drug-likeness (QED) is 0.764. The fraction of sp³-hybridized carbons (Fsp3) is 0.190. The summed E-state index contributed by atoms with van der Waals surface area (Å²) in [5, 5.41) is 3.02. The first-order valence-corrected chi connectivity index (χ1v) is 8.73. The summed E-state index contributed by atoms with van der Waals surface area (Å²) in [6.07, 6.45) is 6.22. The molecule has 0 radical (unpaired) electrons. The molecule has 1 atom stereocenters. The molecule has 130 valence electrons.